The van der Waals surface area contributed by atoms with Gasteiger partial charge in [-0.3, -0.25) is 9.69 Å². The Bertz CT molecular complexity index is 265. The Labute approximate surface area is 116 Å². The van der Waals surface area contributed by atoms with Crippen LogP contribution in [0, 0.1) is 5.92 Å². The first kappa shape index (κ1) is 16.4. The van der Waals surface area contributed by atoms with E-state index in [-0.39, 0.29) is 5.91 Å². The van der Waals surface area contributed by atoms with Crippen LogP contribution in [-0.2, 0) is 9.53 Å². The summed E-state index contributed by atoms with van der Waals surface area (Å²) >= 11 is 0. The van der Waals surface area contributed by atoms with E-state index < -0.39 is 6.10 Å². The quantitative estimate of drug-likeness (QED) is 0.736. The highest BCUT2D eigenvalue weighted by Crippen LogP contribution is 2.06. The highest BCUT2D eigenvalue weighted by molar-refractivity contribution is 5.75. The SMILES string of the molecule is CC(C)CCC(=O)N(C)CC(O)CN1CCOCC1. The molecule has 5 heteroatoms. The van der Waals surface area contributed by atoms with Crippen molar-refractivity contribution in [1.82, 2.24) is 9.80 Å². The van der Waals surface area contributed by atoms with Crippen molar-refractivity contribution in [2.75, 3.05) is 46.4 Å². The molecule has 1 saturated heterocycles. The summed E-state index contributed by atoms with van der Waals surface area (Å²) < 4.78 is 5.27. The highest BCUT2D eigenvalue weighted by atomic mass is 16.5. The van der Waals surface area contributed by atoms with Crippen LogP contribution in [0.5, 0.6) is 0 Å². The molecule has 0 aromatic carbocycles. The van der Waals surface area contributed by atoms with Crippen molar-refractivity contribution < 1.29 is 14.6 Å². The number of carbonyl (C=O) groups is 1. The zero-order valence-electron chi connectivity index (χ0n) is 12.5. The fourth-order valence-electron chi connectivity index (χ4n) is 2.16. The van der Waals surface area contributed by atoms with Crippen molar-refractivity contribution in [3.05, 3.63) is 0 Å². The minimum atomic E-state index is -0.480. The monoisotopic (exact) mass is 272 g/mol. The largest absolute Gasteiger partial charge is 0.390 e. The summed E-state index contributed by atoms with van der Waals surface area (Å²) in [6, 6.07) is 0. The van der Waals surface area contributed by atoms with E-state index in [1.807, 2.05) is 0 Å². The number of rotatable bonds is 7. The van der Waals surface area contributed by atoms with Gasteiger partial charge in [-0.15, -0.1) is 0 Å². The van der Waals surface area contributed by atoms with E-state index >= 15 is 0 Å². The Morgan fingerprint density at radius 2 is 2.00 bits per heavy atom. The third kappa shape index (κ3) is 6.89. The predicted octanol–water partition coefficient (Wildman–Crippen LogP) is 0.574. The number of aliphatic hydroxyl groups is 1. The molecule has 5 nitrogen and oxygen atoms in total. The molecule has 0 aliphatic carbocycles. The van der Waals surface area contributed by atoms with Crippen LogP contribution in [-0.4, -0.2) is 73.4 Å². The second-order valence-electron chi connectivity index (χ2n) is 5.77. The molecular weight excluding hydrogens is 244 g/mol. The molecule has 0 spiro atoms. The number of nitrogens with zero attached hydrogens (tertiary/aromatic N) is 2. The van der Waals surface area contributed by atoms with Gasteiger partial charge in [0.25, 0.3) is 0 Å². The van der Waals surface area contributed by atoms with Gasteiger partial charge in [0, 0.05) is 39.6 Å². The molecule has 1 heterocycles. The molecule has 0 saturated carbocycles. The van der Waals surface area contributed by atoms with Gasteiger partial charge >= 0.3 is 0 Å². The first-order chi connectivity index (χ1) is 8.99. The molecule has 1 unspecified atom stereocenters. The Balaban J connectivity index is 2.22. The number of β-amino-alcohol motifs (C(OH)–C–C–N with tert-alkyl or cyclic N) is 1. The maximum absolute atomic E-state index is 11.9. The maximum Gasteiger partial charge on any atom is 0.222 e. The van der Waals surface area contributed by atoms with Gasteiger partial charge in [0.15, 0.2) is 0 Å². The average molecular weight is 272 g/mol. The van der Waals surface area contributed by atoms with Gasteiger partial charge in [-0.1, -0.05) is 13.8 Å². The van der Waals surface area contributed by atoms with E-state index in [1.165, 1.54) is 0 Å². The number of morpholine rings is 1. The smallest absolute Gasteiger partial charge is 0.222 e. The molecule has 1 aliphatic heterocycles. The van der Waals surface area contributed by atoms with E-state index in [0.717, 1.165) is 32.7 Å². The summed E-state index contributed by atoms with van der Waals surface area (Å²) in [5, 5.41) is 10.0. The number of carbonyl (C=O) groups excluding carboxylic acids is 1. The number of ether oxygens (including phenoxy) is 1. The van der Waals surface area contributed by atoms with Gasteiger partial charge < -0.3 is 14.7 Å². The van der Waals surface area contributed by atoms with Crippen molar-refractivity contribution in [2.24, 2.45) is 5.92 Å². The highest BCUT2D eigenvalue weighted by Gasteiger charge is 2.18. The summed E-state index contributed by atoms with van der Waals surface area (Å²) in [5.74, 6) is 0.658. The van der Waals surface area contributed by atoms with Crippen molar-refractivity contribution in [3.8, 4) is 0 Å². The fourth-order valence-corrected chi connectivity index (χ4v) is 2.16. The van der Waals surface area contributed by atoms with Gasteiger partial charge in [0.2, 0.25) is 5.91 Å². The third-order valence-corrected chi connectivity index (χ3v) is 3.42. The molecular formula is C14H28N2O3. The molecule has 1 rings (SSSR count). The molecule has 1 amide bonds. The van der Waals surface area contributed by atoms with E-state index in [2.05, 4.69) is 18.7 Å². The van der Waals surface area contributed by atoms with Crippen molar-refractivity contribution >= 4 is 5.91 Å². The van der Waals surface area contributed by atoms with Gasteiger partial charge in [-0.05, 0) is 12.3 Å². The van der Waals surface area contributed by atoms with Crippen LogP contribution in [0.1, 0.15) is 26.7 Å². The Morgan fingerprint density at radius 1 is 1.37 bits per heavy atom. The molecule has 0 aromatic heterocycles. The van der Waals surface area contributed by atoms with Gasteiger partial charge in [-0.2, -0.15) is 0 Å². The molecule has 0 radical (unpaired) electrons. The van der Waals surface area contributed by atoms with Gasteiger partial charge in [0.1, 0.15) is 0 Å². The Hall–Kier alpha value is -0.650. The van der Waals surface area contributed by atoms with Crippen molar-refractivity contribution in [3.63, 3.8) is 0 Å². The molecule has 0 aromatic rings. The van der Waals surface area contributed by atoms with Crippen LogP contribution in [0.15, 0.2) is 0 Å². The van der Waals surface area contributed by atoms with Crippen LogP contribution >= 0.6 is 0 Å². The van der Waals surface area contributed by atoms with Gasteiger partial charge in [0.05, 0.1) is 19.3 Å². The zero-order chi connectivity index (χ0) is 14.3. The normalized spacial score (nSPS) is 18.6. The maximum atomic E-state index is 11.9. The van der Waals surface area contributed by atoms with Crippen LogP contribution in [0.25, 0.3) is 0 Å². The van der Waals surface area contributed by atoms with Crippen LogP contribution in [0.3, 0.4) is 0 Å². The standard InChI is InChI=1S/C14H28N2O3/c1-12(2)4-5-14(18)15(3)10-13(17)11-16-6-8-19-9-7-16/h12-13,17H,4-11H2,1-3H3. The fraction of sp³-hybridized carbons (Fsp3) is 0.929. The Morgan fingerprint density at radius 3 is 2.58 bits per heavy atom. The van der Waals surface area contributed by atoms with Gasteiger partial charge in [-0.25, -0.2) is 0 Å². The lowest BCUT2D eigenvalue weighted by atomic mass is 10.1. The minimum Gasteiger partial charge on any atom is -0.390 e. The molecule has 112 valence electrons. The number of hydrogen-bond donors (Lipinski definition) is 1. The van der Waals surface area contributed by atoms with Crippen LogP contribution < -0.4 is 0 Å². The number of amides is 1. The Kier molecular flexibility index (Phi) is 7.34. The van der Waals surface area contributed by atoms with E-state index in [0.29, 0.717) is 25.4 Å². The summed E-state index contributed by atoms with van der Waals surface area (Å²) in [5.41, 5.74) is 0. The zero-order valence-corrected chi connectivity index (χ0v) is 12.5. The third-order valence-electron chi connectivity index (χ3n) is 3.42. The second-order valence-corrected chi connectivity index (χ2v) is 5.77. The van der Waals surface area contributed by atoms with E-state index in [1.54, 1.807) is 11.9 Å². The first-order valence-electron chi connectivity index (χ1n) is 7.21. The number of aliphatic hydroxyl groups excluding tert-OH is 1. The molecule has 1 aliphatic rings. The molecule has 1 atom stereocenters. The minimum absolute atomic E-state index is 0.120. The van der Waals surface area contributed by atoms with E-state index in [4.69, 9.17) is 4.74 Å². The predicted molar refractivity (Wildman–Crippen MR) is 75.0 cm³/mol. The lowest BCUT2D eigenvalue weighted by Crippen LogP contribution is -2.45. The van der Waals surface area contributed by atoms with Crippen molar-refractivity contribution in [2.45, 2.75) is 32.8 Å². The van der Waals surface area contributed by atoms with Crippen molar-refractivity contribution in [1.29, 1.82) is 0 Å². The average Bonchev–Trinajstić information content (AvgIpc) is 2.36. The van der Waals surface area contributed by atoms with Crippen LogP contribution in [0.2, 0.25) is 0 Å². The van der Waals surface area contributed by atoms with E-state index in [9.17, 15) is 9.90 Å². The summed E-state index contributed by atoms with van der Waals surface area (Å²) in [6.45, 7) is 8.44. The lowest BCUT2D eigenvalue weighted by molar-refractivity contribution is -0.131. The first-order valence-corrected chi connectivity index (χ1v) is 7.21. The summed E-state index contributed by atoms with van der Waals surface area (Å²) in [4.78, 5) is 15.7. The molecule has 0 bridgehead atoms. The summed E-state index contributed by atoms with van der Waals surface area (Å²) in [6.07, 6.45) is 0.993. The van der Waals surface area contributed by atoms with Crippen LogP contribution in [0.4, 0.5) is 0 Å². The molecule has 1 N–H and O–H groups in total. The second kappa shape index (κ2) is 8.51. The molecule has 19 heavy (non-hydrogen) atoms. The number of hydrogen-bond acceptors (Lipinski definition) is 4. The number of likely N-dealkylation sites (N-methyl/N-ethyl adjacent to an activating group) is 1. The molecule has 1 fully saturated rings. The lowest BCUT2D eigenvalue weighted by Gasteiger charge is -2.30. The topological polar surface area (TPSA) is 53.0 Å². The summed E-state index contributed by atoms with van der Waals surface area (Å²) in [7, 11) is 1.77.